The summed E-state index contributed by atoms with van der Waals surface area (Å²) < 4.78 is 5.49. The zero-order chi connectivity index (χ0) is 16.5. The minimum Gasteiger partial charge on any atom is -0.379 e. The van der Waals surface area contributed by atoms with Crippen LogP contribution in [0.3, 0.4) is 0 Å². The summed E-state index contributed by atoms with van der Waals surface area (Å²) in [6.45, 7) is 8.87. The topological polar surface area (TPSA) is 62.9 Å². The lowest BCUT2D eigenvalue weighted by molar-refractivity contribution is 0.00398. The lowest BCUT2D eigenvalue weighted by Crippen LogP contribution is -2.48. The summed E-state index contributed by atoms with van der Waals surface area (Å²) in [5.41, 5.74) is 7.03. The van der Waals surface area contributed by atoms with E-state index in [2.05, 4.69) is 29.1 Å². The number of hydrogen-bond donors (Lipinski definition) is 2. The highest BCUT2D eigenvalue weighted by atomic mass is 16.5. The zero-order valence-corrected chi connectivity index (χ0v) is 14.4. The fourth-order valence-corrected chi connectivity index (χ4v) is 3.21. The molecule has 1 aromatic rings. The van der Waals surface area contributed by atoms with E-state index < -0.39 is 0 Å². The molecule has 23 heavy (non-hydrogen) atoms. The number of morpholine rings is 1. The fraction of sp³-hybridized carbons (Fsp3) is 0.611. The van der Waals surface area contributed by atoms with Gasteiger partial charge in [-0.2, -0.15) is 0 Å². The summed E-state index contributed by atoms with van der Waals surface area (Å²) in [6, 6.07) is 10.4. The van der Waals surface area contributed by atoms with Crippen LogP contribution in [-0.2, 0) is 4.74 Å². The molecule has 5 nitrogen and oxygen atoms in total. The smallest absolute Gasteiger partial charge is 0.193 e. The number of benzene rings is 1. The van der Waals surface area contributed by atoms with Crippen molar-refractivity contribution in [3.05, 3.63) is 30.3 Å². The second kappa shape index (κ2) is 9.53. The molecule has 128 valence electrons. The maximum Gasteiger partial charge on any atom is 0.193 e. The summed E-state index contributed by atoms with van der Waals surface area (Å²) in [4.78, 5) is 7.13. The second-order valence-electron chi connectivity index (χ2n) is 6.01. The molecule has 0 saturated carbocycles. The zero-order valence-electron chi connectivity index (χ0n) is 14.4. The number of rotatable bonds is 7. The molecular formula is C18H30N4O. The number of aliphatic imine (C=N–C) groups is 1. The third-order valence-electron chi connectivity index (χ3n) is 4.60. The van der Waals surface area contributed by atoms with Gasteiger partial charge < -0.3 is 15.8 Å². The van der Waals surface area contributed by atoms with Gasteiger partial charge in [-0.05, 0) is 18.1 Å². The van der Waals surface area contributed by atoms with E-state index in [1.54, 1.807) is 0 Å². The molecule has 0 aliphatic carbocycles. The Morgan fingerprint density at radius 3 is 2.48 bits per heavy atom. The lowest BCUT2D eigenvalue weighted by Gasteiger charge is -2.38. The van der Waals surface area contributed by atoms with E-state index in [-0.39, 0.29) is 0 Å². The normalized spacial score (nSPS) is 18.1. The molecule has 2 rings (SSSR count). The minimum atomic E-state index is 0.435. The molecule has 1 unspecified atom stereocenters. The van der Waals surface area contributed by atoms with Crippen LogP contribution in [0.15, 0.2) is 35.3 Å². The molecule has 0 aromatic heterocycles. The predicted octanol–water partition coefficient (Wildman–Crippen LogP) is 2.55. The average Bonchev–Trinajstić information content (AvgIpc) is 2.60. The molecule has 0 spiro atoms. The molecular weight excluding hydrogens is 288 g/mol. The first-order chi connectivity index (χ1) is 11.2. The Morgan fingerprint density at radius 2 is 1.87 bits per heavy atom. The number of para-hydroxylation sites is 1. The van der Waals surface area contributed by atoms with Gasteiger partial charge in [-0.1, -0.05) is 44.9 Å². The largest absolute Gasteiger partial charge is 0.379 e. The van der Waals surface area contributed by atoms with Gasteiger partial charge in [-0.25, -0.2) is 0 Å². The Labute approximate surface area is 139 Å². The van der Waals surface area contributed by atoms with Crippen LogP contribution in [0, 0.1) is 5.92 Å². The van der Waals surface area contributed by atoms with Crippen molar-refractivity contribution in [3.63, 3.8) is 0 Å². The van der Waals surface area contributed by atoms with Crippen molar-refractivity contribution in [3.8, 4) is 0 Å². The number of ether oxygens (including phenoxy) is 1. The van der Waals surface area contributed by atoms with E-state index in [1.807, 2.05) is 30.3 Å². The summed E-state index contributed by atoms with van der Waals surface area (Å²) in [6.07, 6.45) is 2.33. The standard InChI is InChI=1S/C18H30N4O/c1-3-15(4-2)17(22-10-12-23-13-11-22)14-20-18(19)21-16-8-6-5-7-9-16/h5-9,15,17H,3-4,10-14H2,1-2H3,(H3,19,20,21). The number of guanidine groups is 1. The van der Waals surface area contributed by atoms with Crippen molar-refractivity contribution < 1.29 is 4.74 Å². The van der Waals surface area contributed by atoms with Crippen LogP contribution in [0.1, 0.15) is 26.7 Å². The first kappa shape index (κ1) is 17.8. The SMILES string of the molecule is CCC(CC)C(CN=C(N)Nc1ccccc1)N1CCOCC1. The molecule has 1 aliphatic rings. The van der Waals surface area contributed by atoms with Gasteiger partial charge in [0.1, 0.15) is 0 Å². The number of nitrogens with one attached hydrogen (secondary N) is 1. The molecule has 0 radical (unpaired) electrons. The maximum absolute atomic E-state index is 6.06. The highest BCUT2D eigenvalue weighted by molar-refractivity contribution is 5.92. The average molecular weight is 318 g/mol. The predicted molar refractivity (Wildman–Crippen MR) is 96.8 cm³/mol. The summed E-state index contributed by atoms with van der Waals surface area (Å²) in [5, 5.41) is 3.16. The summed E-state index contributed by atoms with van der Waals surface area (Å²) in [5.74, 6) is 1.13. The summed E-state index contributed by atoms with van der Waals surface area (Å²) in [7, 11) is 0. The molecule has 0 bridgehead atoms. The van der Waals surface area contributed by atoms with E-state index in [0.717, 1.165) is 38.5 Å². The molecule has 5 heteroatoms. The van der Waals surface area contributed by atoms with Gasteiger partial charge >= 0.3 is 0 Å². The molecule has 1 aliphatic heterocycles. The molecule has 1 atom stereocenters. The van der Waals surface area contributed by atoms with E-state index in [1.165, 1.54) is 12.8 Å². The first-order valence-electron chi connectivity index (χ1n) is 8.68. The molecule has 1 saturated heterocycles. The quantitative estimate of drug-likeness (QED) is 0.599. The van der Waals surface area contributed by atoms with Crippen LogP contribution in [0.4, 0.5) is 5.69 Å². The van der Waals surface area contributed by atoms with Crippen molar-refractivity contribution in [1.29, 1.82) is 0 Å². The Morgan fingerprint density at radius 1 is 1.22 bits per heavy atom. The molecule has 0 amide bonds. The first-order valence-corrected chi connectivity index (χ1v) is 8.68. The van der Waals surface area contributed by atoms with Crippen LogP contribution >= 0.6 is 0 Å². The number of anilines is 1. The molecule has 3 N–H and O–H groups in total. The van der Waals surface area contributed by atoms with Crippen molar-refractivity contribution in [2.45, 2.75) is 32.7 Å². The Kier molecular flexibility index (Phi) is 7.36. The third kappa shape index (κ3) is 5.52. The highest BCUT2D eigenvalue weighted by Gasteiger charge is 2.26. The second-order valence-corrected chi connectivity index (χ2v) is 6.01. The van der Waals surface area contributed by atoms with Crippen molar-refractivity contribution in [2.75, 3.05) is 38.2 Å². The fourth-order valence-electron chi connectivity index (χ4n) is 3.21. The van der Waals surface area contributed by atoms with Gasteiger partial charge in [0.25, 0.3) is 0 Å². The van der Waals surface area contributed by atoms with Crippen LogP contribution in [0.2, 0.25) is 0 Å². The van der Waals surface area contributed by atoms with Gasteiger partial charge in [0.15, 0.2) is 5.96 Å². The van der Waals surface area contributed by atoms with Gasteiger partial charge in [0.05, 0.1) is 19.8 Å². The highest BCUT2D eigenvalue weighted by Crippen LogP contribution is 2.20. The van der Waals surface area contributed by atoms with Crippen LogP contribution in [0.5, 0.6) is 0 Å². The summed E-state index contributed by atoms with van der Waals surface area (Å²) >= 11 is 0. The number of nitrogens with two attached hydrogens (primary N) is 1. The third-order valence-corrected chi connectivity index (χ3v) is 4.60. The Balaban J connectivity index is 1.99. The van der Waals surface area contributed by atoms with Crippen LogP contribution in [0.25, 0.3) is 0 Å². The van der Waals surface area contributed by atoms with E-state index in [9.17, 15) is 0 Å². The van der Waals surface area contributed by atoms with Gasteiger partial charge in [-0.3, -0.25) is 9.89 Å². The molecule has 1 fully saturated rings. The van der Waals surface area contributed by atoms with Gasteiger partial charge in [0, 0.05) is 24.8 Å². The molecule has 1 heterocycles. The van der Waals surface area contributed by atoms with E-state index >= 15 is 0 Å². The van der Waals surface area contributed by atoms with Crippen molar-refractivity contribution in [1.82, 2.24) is 4.90 Å². The number of hydrogen-bond acceptors (Lipinski definition) is 3. The monoisotopic (exact) mass is 318 g/mol. The maximum atomic E-state index is 6.06. The van der Waals surface area contributed by atoms with E-state index in [0.29, 0.717) is 17.9 Å². The lowest BCUT2D eigenvalue weighted by atomic mass is 9.92. The van der Waals surface area contributed by atoms with Gasteiger partial charge in [0.2, 0.25) is 0 Å². The van der Waals surface area contributed by atoms with Gasteiger partial charge in [-0.15, -0.1) is 0 Å². The Bertz CT molecular complexity index is 467. The number of nitrogens with zero attached hydrogens (tertiary/aromatic N) is 2. The molecule has 1 aromatic carbocycles. The van der Waals surface area contributed by atoms with E-state index in [4.69, 9.17) is 10.5 Å². The van der Waals surface area contributed by atoms with Crippen molar-refractivity contribution >= 4 is 11.6 Å². The van der Waals surface area contributed by atoms with Crippen molar-refractivity contribution in [2.24, 2.45) is 16.6 Å². The Hall–Kier alpha value is -1.59. The van der Waals surface area contributed by atoms with Crippen LogP contribution < -0.4 is 11.1 Å². The van der Waals surface area contributed by atoms with Crippen LogP contribution in [-0.4, -0.2) is 49.7 Å². The minimum absolute atomic E-state index is 0.435.